The van der Waals surface area contributed by atoms with E-state index >= 15 is 0 Å². The molecule has 3 aromatic carbocycles. The monoisotopic (exact) mass is 603 g/mol. The molecule has 1 saturated heterocycles. The van der Waals surface area contributed by atoms with Crippen LogP contribution in [0.5, 0.6) is 23.0 Å². The topological polar surface area (TPSA) is 76.1 Å². The molecular weight excluding hydrogens is 562 g/mol. The second kappa shape index (κ2) is 13.8. The Kier molecular flexibility index (Phi) is 9.96. The van der Waals surface area contributed by atoms with Gasteiger partial charge in [0.05, 0.1) is 23.3 Å². The molecule has 1 aliphatic heterocycles. The van der Waals surface area contributed by atoms with E-state index in [0.717, 1.165) is 61.2 Å². The van der Waals surface area contributed by atoms with Crippen LogP contribution in [0.25, 0.3) is 10.9 Å². The summed E-state index contributed by atoms with van der Waals surface area (Å²) in [5.41, 5.74) is 3.90. The maximum absolute atomic E-state index is 9.19. The Morgan fingerprint density at radius 2 is 1.74 bits per heavy atom. The van der Waals surface area contributed by atoms with Crippen LogP contribution in [0.4, 0.5) is 11.4 Å². The maximum Gasteiger partial charge on any atom is 0.163 e. The van der Waals surface area contributed by atoms with Crippen molar-refractivity contribution in [3.8, 4) is 23.0 Å². The highest BCUT2D eigenvalue weighted by atomic mass is 35.5. The van der Waals surface area contributed by atoms with Crippen molar-refractivity contribution in [1.29, 1.82) is 0 Å². The number of methoxy groups -OCH3 is 1. The number of rotatable bonds is 11. The highest BCUT2D eigenvalue weighted by Gasteiger charge is 2.19. The van der Waals surface area contributed by atoms with Crippen molar-refractivity contribution in [3.63, 3.8) is 0 Å². The molecule has 0 radical (unpaired) electrons. The van der Waals surface area contributed by atoms with E-state index in [1.807, 2.05) is 30.3 Å². The SMILES string of the molecule is COc1cc2c(Oc3ccc(Nc4ccc(C(C)(C)C)cc4)c(Cl)c3)ccnc2cc1OCCN1CCC(CCO)CC1. The fourth-order valence-corrected chi connectivity index (χ4v) is 5.67. The van der Waals surface area contributed by atoms with Gasteiger partial charge in [-0.25, -0.2) is 0 Å². The van der Waals surface area contributed by atoms with Crippen LogP contribution in [-0.4, -0.2) is 54.9 Å². The van der Waals surface area contributed by atoms with Crippen LogP contribution >= 0.6 is 11.6 Å². The van der Waals surface area contributed by atoms with Crippen LogP contribution in [0.2, 0.25) is 5.02 Å². The summed E-state index contributed by atoms with van der Waals surface area (Å²) in [5.74, 6) is 3.18. The quantitative estimate of drug-likeness (QED) is 0.179. The molecule has 43 heavy (non-hydrogen) atoms. The molecule has 228 valence electrons. The normalized spacial score (nSPS) is 14.6. The predicted molar refractivity (Wildman–Crippen MR) is 175 cm³/mol. The smallest absolute Gasteiger partial charge is 0.163 e. The number of halogens is 1. The molecule has 0 amide bonds. The van der Waals surface area contributed by atoms with Crippen molar-refractivity contribution in [2.75, 3.05) is 45.3 Å². The Labute approximate surface area is 259 Å². The van der Waals surface area contributed by atoms with Gasteiger partial charge in [0.1, 0.15) is 18.1 Å². The van der Waals surface area contributed by atoms with Gasteiger partial charge >= 0.3 is 0 Å². The predicted octanol–water partition coefficient (Wildman–Crippen LogP) is 8.20. The van der Waals surface area contributed by atoms with Crippen LogP contribution < -0.4 is 19.5 Å². The van der Waals surface area contributed by atoms with Crippen molar-refractivity contribution >= 4 is 33.9 Å². The van der Waals surface area contributed by atoms with Gasteiger partial charge < -0.3 is 24.6 Å². The molecule has 1 aromatic heterocycles. The number of hydrogen-bond acceptors (Lipinski definition) is 7. The molecule has 8 heteroatoms. The fourth-order valence-electron chi connectivity index (χ4n) is 5.45. The molecular formula is C35H42ClN3O4. The molecule has 1 aliphatic rings. The number of nitrogens with zero attached hydrogens (tertiary/aromatic N) is 2. The van der Waals surface area contributed by atoms with Crippen molar-refractivity contribution in [1.82, 2.24) is 9.88 Å². The Hall–Kier alpha value is -3.52. The molecule has 0 saturated carbocycles. The largest absolute Gasteiger partial charge is 0.493 e. The van der Waals surface area contributed by atoms with Gasteiger partial charge in [-0.05, 0) is 85.6 Å². The second-order valence-electron chi connectivity index (χ2n) is 12.2. The summed E-state index contributed by atoms with van der Waals surface area (Å²) in [6.45, 7) is 10.4. The van der Waals surface area contributed by atoms with Gasteiger partial charge in [-0.15, -0.1) is 0 Å². The number of anilines is 2. The molecule has 0 aliphatic carbocycles. The lowest BCUT2D eigenvalue weighted by Gasteiger charge is -2.31. The first-order valence-electron chi connectivity index (χ1n) is 15.0. The molecule has 4 aromatic rings. The van der Waals surface area contributed by atoms with Gasteiger partial charge in [0.2, 0.25) is 0 Å². The summed E-state index contributed by atoms with van der Waals surface area (Å²) in [6.07, 6.45) is 4.88. The van der Waals surface area contributed by atoms with Crippen LogP contribution in [0.15, 0.2) is 66.9 Å². The number of fused-ring (bicyclic) bond motifs is 1. The Morgan fingerprint density at radius 3 is 2.42 bits per heavy atom. The Bertz CT molecular complexity index is 1510. The maximum atomic E-state index is 9.19. The zero-order chi connectivity index (χ0) is 30.4. The van der Waals surface area contributed by atoms with Crippen molar-refractivity contribution in [2.24, 2.45) is 5.92 Å². The Morgan fingerprint density at radius 1 is 0.977 bits per heavy atom. The zero-order valence-electron chi connectivity index (χ0n) is 25.5. The minimum atomic E-state index is 0.101. The lowest BCUT2D eigenvalue weighted by Crippen LogP contribution is -2.36. The van der Waals surface area contributed by atoms with Gasteiger partial charge in [-0.3, -0.25) is 9.88 Å². The van der Waals surface area contributed by atoms with E-state index in [9.17, 15) is 5.11 Å². The third-order valence-electron chi connectivity index (χ3n) is 8.09. The summed E-state index contributed by atoms with van der Waals surface area (Å²) in [5, 5.41) is 14.0. The summed E-state index contributed by atoms with van der Waals surface area (Å²) in [7, 11) is 1.64. The van der Waals surface area contributed by atoms with Gasteiger partial charge in [-0.1, -0.05) is 44.5 Å². The van der Waals surface area contributed by atoms with Gasteiger partial charge in [0.25, 0.3) is 0 Å². The summed E-state index contributed by atoms with van der Waals surface area (Å²) in [6, 6.07) is 19.7. The number of aromatic nitrogens is 1. The molecule has 0 unspecified atom stereocenters. The van der Waals surface area contributed by atoms with E-state index in [0.29, 0.717) is 40.5 Å². The fraction of sp³-hybridized carbons (Fsp3) is 0.400. The van der Waals surface area contributed by atoms with Gasteiger partial charge in [0.15, 0.2) is 11.5 Å². The second-order valence-corrected chi connectivity index (χ2v) is 12.6. The first kappa shape index (κ1) is 30.9. The highest BCUT2D eigenvalue weighted by molar-refractivity contribution is 6.33. The highest BCUT2D eigenvalue weighted by Crippen LogP contribution is 2.38. The van der Waals surface area contributed by atoms with E-state index in [-0.39, 0.29) is 12.0 Å². The van der Waals surface area contributed by atoms with E-state index in [2.05, 4.69) is 60.2 Å². The van der Waals surface area contributed by atoms with Gasteiger partial charge in [-0.2, -0.15) is 0 Å². The molecule has 1 fully saturated rings. The van der Waals surface area contributed by atoms with Crippen LogP contribution in [-0.2, 0) is 5.41 Å². The van der Waals surface area contributed by atoms with E-state index in [4.69, 9.17) is 25.8 Å². The number of aliphatic hydroxyl groups is 1. The third kappa shape index (κ3) is 7.91. The summed E-state index contributed by atoms with van der Waals surface area (Å²) in [4.78, 5) is 6.98. The molecule has 0 bridgehead atoms. The van der Waals surface area contributed by atoms with E-state index in [1.54, 1.807) is 19.4 Å². The van der Waals surface area contributed by atoms with Crippen molar-refractivity contribution < 1.29 is 19.3 Å². The third-order valence-corrected chi connectivity index (χ3v) is 8.41. The number of ether oxygens (including phenoxy) is 3. The van der Waals surface area contributed by atoms with E-state index in [1.165, 1.54) is 5.56 Å². The number of nitrogens with one attached hydrogen (secondary N) is 1. The first-order valence-corrected chi connectivity index (χ1v) is 15.4. The molecule has 7 nitrogen and oxygen atoms in total. The summed E-state index contributed by atoms with van der Waals surface area (Å²) >= 11 is 6.66. The van der Waals surface area contributed by atoms with Crippen molar-refractivity contribution in [2.45, 2.75) is 45.4 Å². The lowest BCUT2D eigenvalue weighted by molar-refractivity contribution is 0.138. The Balaban J connectivity index is 1.24. The number of pyridine rings is 1. The molecule has 5 rings (SSSR count). The number of hydrogen-bond donors (Lipinski definition) is 2. The van der Waals surface area contributed by atoms with Crippen LogP contribution in [0.3, 0.4) is 0 Å². The average molecular weight is 604 g/mol. The van der Waals surface area contributed by atoms with Crippen LogP contribution in [0.1, 0.15) is 45.6 Å². The van der Waals surface area contributed by atoms with Crippen molar-refractivity contribution in [3.05, 3.63) is 77.4 Å². The molecule has 0 spiro atoms. The number of piperidine rings is 1. The first-order chi connectivity index (χ1) is 20.7. The standard InChI is InChI=1S/C35H42ClN3O4/c1-35(2,3)25-5-7-26(8-6-25)38-30-10-9-27(21-29(30)36)43-32-11-15-37-31-23-34(33(41-4)22-28(31)32)42-20-18-39-16-12-24(13-17-39)14-19-40/h5-11,15,21-24,38,40H,12-14,16-20H2,1-4H3. The van der Waals surface area contributed by atoms with E-state index < -0.39 is 0 Å². The zero-order valence-corrected chi connectivity index (χ0v) is 26.3. The minimum Gasteiger partial charge on any atom is -0.493 e. The minimum absolute atomic E-state index is 0.101. The molecule has 2 heterocycles. The average Bonchev–Trinajstić information content (AvgIpc) is 2.99. The summed E-state index contributed by atoms with van der Waals surface area (Å²) < 4.78 is 18.1. The number of aliphatic hydroxyl groups excluding tert-OH is 1. The number of benzene rings is 3. The molecule has 0 atom stereocenters. The van der Waals surface area contributed by atoms with Gasteiger partial charge in [0, 0.05) is 42.6 Å². The van der Waals surface area contributed by atoms with Crippen LogP contribution in [0, 0.1) is 5.92 Å². The molecule has 2 N–H and O–H groups in total. The lowest BCUT2D eigenvalue weighted by atomic mass is 9.87. The number of likely N-dealkylation sites (tertiary alicyclic amines) is 1.